The molecule has 0 aromatic carbocycles. The maximum absolute atomic E-state index is 13.0. The number of ether oxygens (including phenoxy) is 2. The Morgan fingerprint density at radius 2 is 1.05 bits per heavy atom. The van der Waals surface area contributed by atoms with E-state index in [0.717, 1.165) is 38.5 Å². The third-order valence-electron chi connectivity index (χ3n) is 12.1. The molecule has 1 fully saturated rings. The van der Waals surface area contributed by atoms with Crippen molar-refractivity contribution in [2.75, 3.05) is 13.2 Å². The molecule has 0 saturated carbocycles. The number of amides is 1. The number of unbranched alkanes of at least 4 members (excludes halogenated alkanes) is 31. The highest BCUT2D eigenvalue weighted by Gasteiger charge is 2.47. The van der Waals surface area contributed by atoms with Crippen molar-refractivity contribution in [2.24, 2.45) is 0 Å². The summed E-state index contributed by atoms with van der Waals surface area (Å²) in [6.45, 7) is 3.36. The molecule has 1 heterocycles. The number of carbonyl (C=O) groups excluding carboxylic acids is 1. The molecule has 62 heavy (non-hydrogen) atoms. The molecule has 0 bridgehead atoms. The molecule has 7 atom stereocenters. The molecule has 1 aliphatic rings. The van der Waals surface area contributed by atoms with Gasteiger partial charge in [0.15, 0.2) is 6.29 Å². The van der Waals surface area contributed by atoms with Crippen LogP contribution in [-0.4, -0.2) is 95.4 Å². The fourth-order valence-electron chi connectivity index (χ4n) is 8.16. The van der Waals surface area contributed by atoms with Crippen LogP contribution >= 0.6 is 0 Å². The third kappa shape index (κ3) is 33.3. The minimum atomic E-state index is -5.33. The van der Waals surface area contributed by atoms with Crippen molar-refractivity contribution in [1.29, 1.82) is 0 Å². The van der Waals surface area contributed by atoms with Crippen molar-refractivity contribution in [3.8, 4) is 0 Å². The summed E-state index contributed by atoms with van der Waals surface area (Å²) in [5.74, 6) is -0.267. The molecule has 1 rings (SSSR count). The highest BCUT2D eigenvalue weighted by atomic mass is 32.3. The number of allylic oxidation sites excluding steroid dienone is 1. The van der Waals surface area contributed by atoms with Gasteiger partial charge in [-0.15, -0.1) is 0 Å². The topological polar surface area (TPSA) is 231 Å². The van der Waals surface area contributed by atoms with Crippen molar-refractivity contribution in [3.05, 3.63) is 12.2 Å². The standard InChI is InChI=1S/C48H93NO11S.H3N/c1-3-5-7-9-11-13-15-17-18-19-20-21-22-23-24-26-28-30-32-34-36-38-44(52)49-41(42(51)37-35-33-31-29-27-25-16-14-12-10-8-6-4-2)40-58-48-46(54)47(60-61(55,56)57)45(53)43(39-50)59-48;/h35,37,41-43,45-48,50-51,53-54H,3-34,36,38-40H2,1-2H3,(H,49,52)(H,55,56,57);1H3/b37-35+;/t41-,42+,43+,45-,46?,47?,48+;/m0./s1. The van der Waals surface area contributed by atoms with E-state index in [2.05, 4.69) is 23.3 Å². The molecule has 0 spiro atoms. The molecule has 0 aromatic heterocycles. The molecule has 1 saturated heterocycles. The van der Waals surface area contributed by atoms with Crippen molar-refractivity contribution in [2.45, 2.75) is 275 Å². The van der Waals surface area contributed by atoms with Crippen LogP contribution in [0.25, 0.3) is 0 Å². The lowest BCUT2D eigenvalue weighted by molar-refractivity contribution is -0.298. The van der Waals surface area contributed by atoms with Gasteiger partial charge in [-0.1, -0.05) is 219 Å². The first-order chi connectivity index (χ1) is 29.5. The van der Waals surface area contributed by atoms with E-state index in [1.165, 1.54) is 167 Å². The van der Waals surface area contributed by atoms with Gasteiger partial charge in [0.2, 0.25) is 16.3 Å². The molecular formula is C48H96N2O11S. The van der Waals surface area contributed by atoms with E-state index >= 15 is 0 Å². The summed E-state index contributed by atoms with van der Waals surface area (Å²) in [5.41, 5.74) is 0. The van der Waals surface area contributed by atoms with E-state index in [-0.39, 0.29) is 25.1 Å². The lowest BCUT2D eigenvalue weighted by Crippen LogP contribution is -2.61. The van der Waals surface area contributed by atoms with Crippen LogP contribution in [-0.2, 0) is 28.9 Å². The van der Waals surface area contributed by atoms with E-state index in [4.69, 9.17) is 9.47 Å². The summed E-state index contributed by atoms with van der Waals surface area (Å²) in [6, 6.07) is -0.950. The van der Waals surface area contributed by atoms with Gasteiger partial charge in [-0.3, -0.25) is 8.98 Å². The number of aliphatic hydroxyl groups is 4. The molecule has 0 aliphatic carbocycles. The molecule has 0 radical (unpaired) electrons. The fourth-order valence-corrected chi connectivity index (χ4v) is 8.66. The first-order valence-electron chi connectivity index (χ1n) is 25.1. The van der Waals surface area contributed by atoms with Gasteiger partial charge in [0.25, 0.3) is 0 Å². The summed E-state index contributed by atoms with van der Waals surface area (Å²) >= 11 is 0. The average molecular weight is 909 g/mol. The highest BCUT2D eigenvalue weighted by Crippen LogP contribution is 2.26. The largest absolute Gasteiger partial charge is 0.726 e. The minimum Gasteiger partial charge on any atom is -0.726 e. The molecule has 9 N–H and O–H groups in total. The van der Waals surface area contributed by atoms with Gasteiger partial charge in [0.1, 0.15) is 24.4 Å². The molecule has 2 unspecified atom stereocenters. The molecule has 1 amide bonds. The molecule has 1 aliphatic heterocycles. The van der Waals surface area contributed by atoms with E-state index in [1.54, 1.807) is 6.08 Å². The zero-order valence-corrected chi connectivity index (χ0v) is 40.5. The van der Waals surface area contributed by atoms with Crippen LogP contribution in [0.2, 0.25) is 0 Å². The zero-order valence-electron chi connectivity index (χ0n) is 39.7. The highest BCUT2D eigenvalue weighted by molar-refractivity contribution is 7.80. The smallest absolute Gasteiger partial charge is 0.220 e. The maximum atomic E-state index is 13.0. The van der Waals surface area contributed by atoms with Crippen molar-refractivity contribution >= 4 is 16.3 Å². The van der Waals surface area contributed by atoms with Gasteiger partial charge >= 0.3 is 0 Å². The van der Waals surface area contributed by atoms with Crippen LogP contribution in [0.1, 0.15) is 232 Å². The van der Waals surface area contributed by atoms with Crippen LogP contribution < -0.4 is 11.5 Å². The number of hydrogen-bond acceptors (Lipinski definition) is 11. The number of rotatable bonds is 43. The van der Waals surface area contributed by atoms with E-state index < -0.39 is 59.9 Å². The average Bonchev–Trinajstić information content (AvgIpc) is 3.23. The van der Waals surface area contributed by atoms with Gasteiger partial charge in [0.05, 0.1) is 25.4 Å². The van der Waals surface area contributed by atoms with E-state index in [9.17, 15) is 38.2 Å². The number of hydrogen-bond donors (Lipinski definition) is 6. The van der Waals surface area contributed by atoms with Gasteiger partial charge in [-0.25, -0.2) is 8.42 Å². The molecule has 14 heteroatoms. The number of nitrogens with one attached hydrogen (secondary N) is 1. The Hall–Kier alpha value is -1.20. The second-order valence-electron chi connectivity index (χ2n) is 17.7. The summed E-state index contributed by atoms with van der Waals surface area (Å²) in [5, 5.41) is 44.6. The van der Waals surface area contributed by atoms with E-state index in [0.29, 0.717) is 6.42 Å². The van der Waals surface area contributed by atoms with Gasteiger partial charge in [-0.05, 0) is 19.3 Å². The Bertz CT molecular complexity index is 1150. The Balaban J connectivity index is 0.0000372. The van der Waals surface area contributed by atoms with Gasteiger partial charge in [-0.2, -0.15) is 0 Å². The van der Waals surface area contributed by atoms with E-state index in [1.807, 2.05) is 6.08 Å². The van der Waals surface area contributed by atoms with Crippen LogP contribution in [0.4, 0.5) is 0 Å². The Kier molecular flexibility index (Phi) is 40.4. The first-order valence-corrected chi connectivity index (χ1v) is 26.4. The lowest BCUT2D eigenvalue weighted by atomic mass is 9.99. The predicted molar refractivity (Wildman–Crippen MR) is 250 cm³/mol. The SMILES string of the molecule is CCCCCCCCCCCCC/C=C/[C@@H](O)[C@H](CO[C@@H]1O[C@H](CO)[C@H](O)C(OS(=O)(=O)[O-])C1O)NC(=O)CCCCCCCCCCCCCCCCCCCCCCC.[NH4+]. The second-order valence-corrected chi connectivity index (χ2v) is 18.8. The first kappa shape index (κ1) is 60.8. The molecule has 0 aromatic rings. The Morgan fingerprint density at radius 3 is 1.44 bits per heavy atom. The number of quaternary nitrogens is 1. The Morgan fingerprint density at radius 1 is 0.661 bits per heavy atom. The van der Waals surface area contributed by atoms with Crippen molar-refractivity contribution < 1.29 is 51.8 Å². The van der Waals surface area contributed by atoms with Crippen molar-refractivity contribution in [3.63, 3.8) is 0 Å². The van der Waals surface area contributed by atoms with Gasteiger partial charge < -0.3 is 45.9 Å². The molecular weight excluding hydrogens is 813 g/mol. The quantitative estimate of drug-likeness (QED) is 0.0146. The molecule has 13 nitrogen and oxygen atoms in total. The zero-order chi connectivity index (χ0) is 44.8. The Labute approximate surface area is 378 Å². The normalized spacial score (nSPS) is 20.3. The summed E-state index contributed by atoms with van der Waals surface area (Å²) in [6.07, 6.45) is 35.1. The third-order valence-corrected chi connectivity index (χ3v) is 12.5. The molecule has 370 valence electrons. The summed E-state index contributed by atoms with van der Waals surface area (Å²) in [4.78, 5) is 13.0. The van der Waals surface area contributed by atoms with Crippen LogP contribution in [0.5, 0.6) is 0 Å². The lowest BCUT2D eigenvalue weighted by Gasteiger charge is -2.42. The van der Waals surface area contributed by atoms with Crippen LogP contribution in [0.15, 0.2) is 12.2 Å². The fraction of sp³-hybridized carbons (Fsp3) is 0.938. The summed E-state index contributed by atoms with van der Waals surface area (Å²) < 4.78 is 49.4. The van der Waals surface area contributed by atoms with Gasteiger partial charge in [0, 0.05) is 6.42 Å². The predicted octanol–water partition coefficient (Wildman–Crippen LogP) is 10.4. The summed E-state index contributed by atoms with van der Waals surface area (Å²) in [7, 11) is -5.33. The second kappa shape index (κ2) is 41.2. The maximum Gasteiger partial charge on any atom is 0.220 e. The number of aliphatic hydroxyl groups excluding tert-OH is 4. The number of carbonyl (C=O) groups is 1. The monoisotopic (exact) mass is 909 g/mol. The van der Waals surface area contributed by atoms with Crippen LogP contribution in [0.3, 0.4) is 0 Å². The minimum absolute atomic E-state index is 0. The van der Waals surface area contributed by atoms with Crippen LogP contribution in [0, 0.1) is 0 Å². The van der Waals surface area contributed by atoms with Crippen molar-refractivity contribution in [1.82, 2.24) is 11.5 Å².